The summed E-state index contributed by atoms with van der Waals surface area (Å²) in [6, 6.07) is 6.69. The third-order valence-corrected chi connectivity index (χ3v) is 7.76. The number of carbonyl (C=O) groups is 4. The van der Waals surface area contributed by atoms with Crippen LogP contribution in [0.2, 0.25) is 5.02 Å². The average Bonchev–Trinajstić information content (AvgIpc) is 2.96. The quantitative estimate of drug-likeness (QED) is 0.134. The number of ether oxygens (including phenoxy) is 3. The molecule has 3 rings (SSSR count). The highest BCUT2D eigenvalue weighted by molar-refractivity contribution is 8.00. The predicted octanol–water partition coefficient (Wildman–Crippen LogP) is 5.90. The molecule has 0 aliphatic heterocycles. The van der Waals surface area contributed by atoms with Crippen molar-refractivity contribution in [3.8, 4) is 0 Å². The van der Waals surface area contributed by atoms with Gasteiger partial charge in [-0.25, -0.2) is 18.5 Å². The van der Waals surface area contributed by atoms with Gasteiger partial charge in [-0.3, -0.25) is 14.4 Å². The molecule has 0 spiro atoms. The van der Waals surface area contributed by atoms with E-state index in [0.717, 1.165) is 30.0 Å². The van der Waals surface area contributed by atoms with Crippen molar-refractivity contribution in [2.75, 3.05) is 31.8 Å². The van der Waals surface area contributed by atoms with Gasteiger partial charge in [0.05, 0.1) is 24.4 Å². The Hall–Kier alpha value is -3.28. The van der Waals surface area contributed by atoms with Crippen LogP contribution in [0.5, 0.6) is 0 Å². The molecule has 1 atom stereocenters. The van der Waals surface area contributed by atoms with Crippen LogP contribution in [0.25, 0.3) is 0 Å². The van der Waals surface area contributed by atoms with Gasteiger partial charge >= 0.3 is 11.9 Å². The zero-order valence-corrected chi connectivity index (χ0v) is 24.4. The molecular weight excluding hydrogens is 580 g/mol. The molecule has 0 heterocycles. The molecule has 1 aliphatic rings. The maximum atomic E-state index is 15.5. The summed E-state index contributed by atoms with van der Waals surface area (Å²) in [5, 5.41) is -0.814. The molecule has 12 heteroatoms. The number of methoxy groups -OCH3 is 1. The number of imide groups is 1. The highest BCUT2D eigenvalue weighted by Crippen LogP contribution is 2.38. The van der Waals surface area contributed by atoms with Gasteiger partial charge in [-0.15, -0.1) is 11.8 Å². The Morgan fingerprint density at radius 1 is 1.02 bits per heavy atom. The predicted molar refractivity (Wildman–Crippen MR) is 150 cm³/mol. The first-order valence-electron chi connectivity index (χ1n) is 12.9. The summed E-state index contributed by atoms with van der Waals surface area (Å²) >= 11 is 7.19. The standard InChI is InChI=1S/C29H30ClF2NO7S/c1-4-39-12-13-40-29(37)21-11-6-5-10-20(21)27(35)33(26(34)18-8-7-9-19(31)14-18)24-16-25(22(30)15-23(24)32)41-17(2)28(36)38-3/h7-9,14-17H,4-6,10-13H2,1-3H3. The molecule has 1 unspecified atom stereocenters. The topological polar surface area (TPSA) is 99.2 Å². The van der Waals surface area contributed by atoms with E-state index in [0.29, 0.717) is 24.3 Å². The fraction of sp³-hybridized carbons (Fsp3) is 0.379. The first kappa shape index (κ1) is 32.2. The van der Waals surface area contributed by atoms with Crippen molar-refractivity contribution >= 4 is 52.8 Å². The van der Waals surface area contributed by atoms with Crippen LogP contribution in [0.15, 0.2) is 52.4 Å². The first-order chi connectivity index (χ1) is 19.6. The lowest BCUT2D eigenvalue weighted by atomic mass is 9.90. The van der Waals surface area contributed by atoms with E-state index in [1.165, 1.54) is 25.3 Å². The maximum absolute atomic E-state index is 15.5. The summed E-state index contributed by atoms with van der Waals surface area (Å²) in [7, 11) is 1.21. The number of esters is 2. The maximum Gasteiger partial charge on any atom is 0.334 e. The zero-order chi connectivity index (χ0) is 30.1. The lowest BCUT2D eigenvalue weighted by Gasteiger charge is -2.27. The largest absolute Gasteiger partial charge is 0.468 e. The molecule has 2 aromatic carbocycles. The van der Waals surface area contributed by atoms with Crippen LogP contribution in [0.4, 0.5) is 14.5 Å². The fourth-order valence-corrected chi connectivity index (χ4v) is 5.38. The van der Waals surface area contributed by atoms with Gasteiger partial charge in [-0.2, -0.15) is 0 Å². The molecule has 2 aromatic rings. The number of thioether (sulfide) groups is 1. The van der Waals surface area contributed by atoms with Gasteiger partial charge in [-0.05, 0) is 69.9 Å². The second-order valence-corrected chi connectivity index (χ2v) is 10.8. The van der Waals surface area contributed by atoms with E-state index in [1.54, 1.807) is 13.8 Å². The molecule has 0 radical (unpaired) electrons. The summed E-state index contributed by atoms with van der Waals surface area (Å²) < 4.78 is 44.8. The Morgan fingerprint density at radius 3 is 2.39 bits per heavy atom. The smallest absolute Gasteiger partial charge is 0.334 e. The van der Waals surface area contributed by atoms with E-state index in [1.807, 2.05) is 0 Å². The van der Waals surface area contributed by atoms with Gasteiger partial charge in [0.25, 0.3) is 11.8 Å². The highest BCUT2D eigenvalue weighted by Gasteiger charge is 2.35. The number of nitrogens with zero attached hydrogens (tertiary/aromatic N) is 1. The lowest BCUT2D eigenvalue weighted by Crippen LogP contribution is -2.40. The molecule has 220 valence electrons. The van der Waals surface area contributed by atoms with Crippen LogP contribution in [0.1, 0.15) is 49.9 Å². The molecule has 1 aliphatic carbocycles. The van der Waals surface area contributed by atoms with Crippen molar-refractivity contribution < 1.29 is 42.2 Å². The first-order valence-corrected chi connectivity index (χ1v) is 14.2. The van der Waals surface area contributed by atoms with Gasteiger partial charge in [0.15, 0.2) is 0 Å². The molecule has 0 saturated heterocycles. The number of carbonyl (C=O) groups excluding carboxylic acids is 4. The lowest BCUT2D eigenvalue weighted by molar-refractivity contribution is -0.141. The van der Waals surface area contributed by atoms with Crippen molar-refractivity contribution in [1.29, 1.82) is 0 Å². The Morgan fingerprint density at radius 2 is 1.73 bits per heavy atom. The van der Waals surface area contributed by atoms with Crippen molar-refractivity contribution in [3.05, 3.63) is 69.8 Å². The van der Waals surface area contributed by atoms with Gasteiger partial charge in [0.1, 0.15) is 23.5 Å². The number of anilines is 1. The van der Waals surface area contributed by atoms with E-state index >= 15 is 4.39 Å². The van der Waals surface area contributed by atoms with Gasteiger partial charge < -0.3 is 14.2 Å². The summed E-state index contributed by atoms with van der Waals surface area (Å²) in [5.41, 5.74) is -0.621. The summed E-state index contributed by atoms with van der Waals surface area (Å²) in [4.78, 5) is 53.5. The minimum atomic E-state index is -1.02. The summed E-state index contributed by atoms with van der Waals surface area (Å²) in [6.07, 6.45) is 1.50. The minimum Gasteiger partial charge on any atom is -0.468 e. The Balaban J connectivity index is 2.12. The SMILES string of the molecule is CCOCCOC(=O)C1=C(C(=O)N(C(=O)c2cccc(F)c2)c2cc(SC(C)C(=O)OC)c(Cl)cc2F)CCCC1. The van der Waals surface area contributed by atoms with E-state index in [-0.39, 0.29) is 52.7 Å². The normalized spacial score (nSPS) is 13.9. The van der Waals surface area contributed by atoms with E-state index < -0.39 is 46.3 Å². The molecule has 41 heavy (non-hydrogen) atoms. The van der Waals surface area contributed by atoms with E-state index in [9.17, 15) is 23.6 Å². The molecule has 0 bridgehead atoms. The summed E-state index contributed by atoms with van der Waals surface area (Å²) in [6.45, 7) is 3.92. The molecule has 8 nitrogen and oxygen atoms in total. The van der Waals surface area contributed by atoms with E-state index in [2.05, 4.69) is 0 Å². The van der Waals surface area contributed by atoms with Gasteiger partial charge in [-0.1, -0.05) is 17.7 Å². The molecule has 0 fully saturated rings. The van der Waals surface area contributed by atoms with Crippen LogP contribution in [-0.2, 0) is 28.6 Å². The third kappa shape index (κ3) is 8.15. The van der Waals surface area contributed by atoms with Crippen molar-refractivity contribution in [2.45, 2.75) is 49.7 Å². The number of hydrogen-bond acceptors (Lipinski definition) is 8. The number of halogens is 3. The third-order valence-electron chi connectivity index (χ3n) is 6.19. The van der Waals surface area contributed by atoms with Gasteiger partial charge in [0.2, 0.25) is 0 Å². The second-order valence-electron chi connectivity index (χ2n) is 8.97. The van der Waals surface area contributed by atoms with E-state index in [4.69, 9.17) is 25.8 Å². The van der Waals surface area contributed by atoms with Crippen molar-refractivity contribution in [1.82, 2.24) is 0 Å². The Bertz CT molecular complexity index is 1350. The Kier molecular flexibility index (Phi) is 11.9. The van der Waals surface area contributed by atoms with Crippen LogP contribution < -0.4 is 4.90 Å². The molecule has 2 amide bonds. The average molecular weight is 610 g/mol. The van der Waals surface area contributed by atoms with Crippen LogP contribution >= 0.6 is 23.4 Å². The molecule has 0 aromatic heterocycles. The van der Waals surface area contributed by atoms with Crippen LogP contribution in [0.3, 0.4) is 0 Å². The zero-order valence-electron chi connectivity index (χ0n) is 22.8. The molecule has 0 saturated carbocycles. The molecule has 0 N–H and O–H groups in total. The number of benzene rings is 2. The summed E-state index contributed by atoms with van der Waals surface area (Å²) in [5.74, 6) is -5.02. The second kappa shape index (κ2) is 15.1. The van der Waals surface area contributed by atoms with Crippen molar-refractivity contribution in [3.63, 3.8) is 0 Å². The van der Waals surface area contributed by atoms with Gasteiger partial charge in [0, 0.05) is 28.2 Å². The van der Waals surface area contributed by atoms with Crippen molar-refractivity contribution in [2.24, 2.45) is 0 Å². The highest BCUT2D eigenvalue weighted by atomic mass is 35.5. The molecular formula is C29H30ClF2NO7S. The fourth-order valence-electron chi connectivity index (χ4n) is 4.17. The van der Waals surface area contributed by atoms with Crippen LogP contribution in [0, 0.1) is 11.6 Å². The number of hydrogen-bond donors (Lipinski definition) is 0. The monoisotopic (exact) mass is 609 g/mol. The van der Waals surface area contributed by atoms with Crippen LogP contribution in [-0.4, -0.2) is 55.9 Å². The number of amides is 2. The Labute approximate surface area is 246 Å². The minimum absolute atomic E-state index is 0.00565. The number of rotatable bonds is 11.